The maximum absolute atomic E-state index is 12.6. The summed E-state index contributed by atoms with van der Waals surface area (Å²) in [6.07, 6.45) is 3.74. The molecule has 27 heavy (non-hydrogen) atoms. The number of aryl methyl sites for hydroxylation is 4. The minimum Gasteiger partial charge on any atom is -0.352 e. The van der Waals surface area contributed by atoms with Gasteiger partial charge in [0.2, 0.25) is 0 Å². The number of amides is 1. The Morgan fingerprint density at radius 2 is 1.52 bits per heavy atom. The topological polar surface area (TPSA) is 29.1 Å². The van der Waals surface area contributed by atoms with E-state index in [2.05, 4.69) is 66.8 Å². The van der Waals surface area contributed by atoms with Crippen LogP contribution in [0.4, 0.5) is 0 Å². The molecule has 0 spiro atoms. The summed E-state index contributed by atoms with van der Waals surface area (Å²) >= 11 is 0. The Labute approximate surface area is 162 Å². The number of rotatable bonds is 8. The van der Waals surface area contributed by atoms with Crippen LogP contribution in [0.3, 0.4) is 0 Å². The van der Waals surface area contributed by atoms with Gasteiger partial charge in [0.1, 0.15) is 0 Å². The van der Waals surface area contributed by atoms with Crippen LogP contribution in [-0.4, -0.2) is 12.5 Å². The van der Waals surface area contributed by atoms with Gasteiger partial charge in [0, 0.05) is 12.1 Å². The summed E-state index contributed by atoms with van der Waals surface area (Å²) in [4.78, 5) is 12.6. The molecule has 0 aliphatic heterocycles. The van der Waals surface area contributed by atoms with Crippen LogP contribution in [0.25, 0.3) is 0 Å². The largest absolute Gasteiger partial charge is 0.352 e. The van der Waals surface area contributed by atoms with Crippen molar-refractivity contribution in [2.45, 2.75) is 32.6 Å². The van der Waals surface area contributed by atoms with Crippen molar-refractivity contribution in [3.8, 4) is 0 Å². The Bertz CT molecular complexity index is 870. The van der Waals surface area contributed by atoms with Gasteiger partial charge < -0.3 is 5.32 Å². The van der Waals surface area contributed by atoms with Gasteiger partial charge in [-0.25, -0.2) is 0 Å². The van der Waals surface area contributed by atoms with E-state index in [1.54, 1.807) is 0 Å². The van der Waals surface area contributed by atoms with E-state index in [-0.39, 0.29) is 5.91 Å². The fourth-order valence-corrected chi connectivity index (χ4v) is 3.34. The van der Waals surface area contributed by atoms with Crippen LogP contribution in [0.5, 0.6) is 0 Å². The predicted molar refractivity (Wildman–Crippen MR) is 112 cm³/mol. The van der Waals surface area contributed by atoms with Crippen LogP contribution in [-0.2, 0) is 19.3 Å². The van der Waals surface area contributed by atoms with Crippen molar-refractivity contribution in [2.24, 2.45) is 0 Å². The third-order valence-electron chi connectivity index (χ3n) is 4.80. The SMILES string of the molecule is Cc1cccc(CCCNC(=O)c2ccccc2CCc2ccccc2)c1. The number of hydrogen-bond acceptors (Lipinski definition) is 1. The first-order chi connectivity index (χ1) is 13.2. The highest BCUT2D eigenvalue weighted by Crippen LogP contribution is 2.13. The average molecular weight is 357 g/mol. The van der Waals surface area contributed by atoms with Crippen LogP contribution in [0, 0.1) is 6.92 Å². The lowest BCUT2D eigenvalue weighted by atomic mass is 9.99. The average Bonchev–Trinajstić information content (AvgIpc) is 2.70. The van der Waals surface area contributed by atoms with Gasteiger partial charge in [-0.05, 0) is 55.4 Å². The van der Waals surface area contributed by atoms with Crippen molar-refractivity contribution < 1.29 is 4.79 Å². The van der Waals surface area contributed by atoms with Crippen LogP contribution < -0.4 is 5.32 Å². The fourth-order valence-electron chi connectivity index (χ4n) is 3.34. The lowest BCUT2D eigenvalue weighted by molar-refractivity contribution is 0.0952. The Balaban J connectivity index is 1.52. The summed E-state index contributed by atoms with van der Waals surface area (Å²) in [6.45, 7) is 2.80. The van der Waals surface area contributed by atoms with Gasteiger partial charge in [0.05, 0.1) is 0 Å². The molecule has 2 heteroatoms. The van der Waals surface area contributed by atoms with Crippen molar-refractivity contribution in [3.05, 3.63) is 107 Å². The molecule has 0 aliphatic carbocycles. The Hall–Kier alpha value is -2.87. The second kappa shape index (κ2) is 9.72. The van der Waals surface area contributed by atoms with E-state index >= 15 is 0 Å². The first-order valence-electron chi connectivity index (χ1n) is 9.68. The Morgan fingerprint density at radius 1 is 0.778 bits per heavy atom. The van der Waals surface area contributed by atoms with Gasteiger partial charge in [0.15, 0.2) is 0 Å². The van der Waals surface area contributed by atoms with Gasteiger partial charge in [0.25, 0.3) is 5.91 Å². The fraction of sp³-hybridized carbons (Fsp3) is 0.240. The molecule has 0 unspecified atom stereocenters. The molecule has 0 aliphatic rings. The molecular formula is C25H27NO. The molecule has 2 nitrogen and oxygen atoms in total. The summed E-state index contributed by atoms with van der Waals surface area (Å²) in [5.74, 6) is 0.0305. The number of carbonyl (C=O) groups is 1. The highest BCUT2D eigenvalue weighted by atomic mass is 16.1. The zero-order chi connectivity index (χ0) is 18.9. The van der Waals surface area contributed by atoms with E-state index in [1.165, 1.54) is 16.7 Å². The zero-order valence-corrected chi connectivity index (χ0v) is 15.9. The third kappa shape index (κ3) is 5.82. The molecular weight excluding hydrogens is 330 g/mol. The number of benzene rings is 3. The van der Waals surface area contributed by atoms with Crippen LogP contribution in [0.2, 0.25) is 0 Å². The van der Waals surface area contributed by atoms with E-state index in [4.69, 9.17) is 0 Å². The van der Waals surface area contributed by atoms with Crippen molar-refractivity contribution in [1.82, 2.24) is 5.32 Å². The molecule has 1 amide bonds. The first-order valence-corrected chi connectivity index (χ1v) is 9.68. The van der Waals surface area contributed by atoms with Crippen molar-refractivity contribution in [2.75, 3.05) is 6.54 Å². The zero-order valence-electron chi connectivity index (χ0n) is 15.9. The molecule has 0 radical (unpaired) electrons. The van der Waals surface area contributed by atoms with E-state index in [0.29, 0.717) is 6.54 Å². The summed E-state index contributed by atoms with van der Waals surface area (Å²) in [5.41, 5.74) is 5.81. The molecule has 3 rings (SSSR count). The summed E-state index contributed by atoms with van der Waals surface area (Å²) < 4.78 is 0. The lowest BCUT2D eigenvalue weighted by Gasteiger charge is -2.10. The van der Waals surface area contributed by atoms with E-state index in [9.17, 15) is 4.79 Å². The molecule has 1 N–H and O–H groups in total. The molecule has 0 aromatic heterocycles. The molecule has 3 aromatic rings. The maximum atomic E-state index is 12.6. The standard InChI is InChI=1S/C25H27NO/c1-20-9-7-12-22(19-20)13-8-18-26-25(27)24-15-6-5-14-23(24)17-16-21-10-3-2-4-11-21/h2-7,9-12,14-15,19H,8,13,16-18H2,1H3,(H,26,27). The second-order valence-electron chi connectivity index (χ2n) is 6.99. The Kier molecular flexibility index (Phi) is 6.81. The van der Waals surface area contributed by atoms with Gasteiger partial charge in [-0.2, -0.15) is 0 Å². The Morgan fingerprint density at radius 3 is 2.33 bits per heavy atom. The first kappa shape index (κ1) is 18.9. The van der Waals surface area contributed by atoms with Gasteiger partial charge in [-0.3, -0.25) is 4.79 Å². The summed E-state index contributed by atoms with van der Waals surface area (Å²) in [7, 11) is 0. The van der Waals surface area contributed by atoms with Crippen LogP contribution >= 0.6 is 0 Å². The van der Waals surface area contributed by atoms with Crippen molar-refractivity contribution >= 4 is 5.91 Å². The van der Waals surface area contributed by atoms with E-state index in [0.717, 1.165) is 36.8 Å². The predicted octanol–water partition coefficient (Wildman–Crippen LogP) is 5.14. The maximum Gasteiger partial charge on any atom is 0.251 e. The molecule has 3 aromatic carbocycles. The normalized spacial score (nSPS) is 10.6. The minimum absolute atomic E-state index is 0.0305. The van der Waals surface area contributed by atoms with Gasteiger partial charge in [-0.1, -0.05) is 78.4 Å². The molecule has 0 heterocycles. The highest BCUT2D eigenvalue weighted by molar-refractivity contribution is 5.95. The number of nitrogens with one attached hydrogen (secondary N) is 1. The minimum atomic E-state index is 0.0305. The molecule has 0 saturated heterocycles. The van der Waals surface area contributed by atoms with Crippen molar-refractivity contribution in [3.63, 3.8) is 0 Å². The van der Waals surface area contributed by atoms with E-state index in [1.807, 2.05) is 24.3 Å². The molecule has 0 bridgehead atoms. The summed E-state index contributed by atoms with van der Waals surface area (Å²) in [6, 6.07) is 26.9. The third-order valence-corrected chi connectivity index (χ3v) is 4.80. The van der Waals surface area contributed by atoms with Gasteiger partial charge in [-0.15, -0.1) is 0 Å². The van der Waals surface area contributed by atoms with E-state index < -0.39 is 0 Å². The molecule has 0 atom stereocenters. The molecule has 0 fully saturated rings. The smallest absolute Gasteiger partial charge is 0.251 e. The molecule has 0 saturated carbocycles. The lowest BCUT2D eigenvalue weighted by Crippen LogP contribution is -2.26. The van der Waals surface area contributed by atoms with Crippen molar-refractivity contribution in [1.29, 1.82) is 0 Å². The number of carbonyl (C=O) groups excluding carboxylic acids is 1. The van der Waals surface area contributed by atoms with Crippen LogP contribution in [0.1, 0.15) is 39.0 Å². The number of hydrogen-bond donors (Lipinski definition) is 1. The quantitative estimate of drug-likeness (QED) is 0.556. The van der Waals surface area contributed by atoms with Gasteiger partial charge >= 0.3 is 0 Å². The monoisotopic (exact) mass is 357 g/mol. The molecule has 138 valence electrons. The highest BCUT2D eigenvalue weighted by Gasteiger charge is 2.10. The summed E-state index contributed by atoms with van der Waals surface area (Å²) in [5, 5.41) is 3.08. The van der Waals surface area contributed by atoms with Crippen LogP contribution in [0.15, 0.2) is 78.9 Å². The second-order valence-corrected chi connectivity index (χ2v) is 6.99.